The summed E-state index contributed by atoms with van der Waals surface area (Å²) >= 11 is 1.81. The van der Waals surface area contributed by atoms with Crippen molar-refractivity contribution in [1.29, 1.82) is 0 Å². The molecule has 94 valence electrons. The van der Waals surface area contributed by atoms with Crippen LogP contribution in [0.4, 0.5) is 0 Å². The minimum absolute atomic E-state index is 0.278. The number of hydrogen-bond donors (Lipinski definition) is 1. The van der Waals surface area contributed by atoms with E-state index in [1.54, 1.807) is 0 Å². The van der Waals surface area contributed by atoms with Gasteiger partial charge in [-0.1, -0.05) is 12.8 Å². The standard InChI is InChI=1S/C13H20N2OS/c1-2-5-10(4-1)14-8-11-9-15-13(17-11)12-6-3-7-16-12/h9-10,12,14H,1-8H2. The van der Waals surface area contributed by atoms with Crippen LogP contribution in [0.5, 0.6) is 0 Å². The summed E-state index contributed by atoms with van der Waals surface area (Å²) < 4.78 is 5.66. The molecule has 0 spiro atoms. The Balaban J connectivity index is 1.52. The zero-order valence-corrected chi connectivity index (χ0v) is 11.0. The van der Waals surface area contributed by atoms with E-state index in [4.69, 9.17) is 4.74 Å². The average Bonchev–Trinajstić information content (AvgIpc) is 3.09. The van der Waals surface area contributed by atoms with E-state index in [0.717, 1.165) is 25.6 Å². The highest BCUT2D eigenvalue weighted by Gasteiger charge is 2.21. The van der Waals surface area contributed by atoms with Gasteiger partial charge in [0, 0.05) is 30.3 Å². The molecule has 0 aromatic carbocycles. The number of nitrogens with zero attached hydrogens (tertiary/aromatic N) is 1. The van der Waals surface area contributed by atoms with Gasteiger partial charge in [-0.3, -0.25) is 0 Å². The quantitative estimate of drug-likeness (QED) is 0.894. The molecule has 1 aliphatic carbocycles. The highest BCUT2D eigenvalue weighted by Crippen LogP contribution is 2.31. The summed E-state index contributed by atoms with van der Waals surface area (Å²) in [7, 11) is 0. The largest absolute Gasteiger partial charge is 0.371 e. The van der Waals surface area contributed by atoms with E-state index in [1.807, 2.05) is 17.5 Å². The summed E-state index contributed by atoms with van der Waals surface area (Å²) in [6, 6.07) is 0.739. The van der Waals surface area contributed by atoms with Gasteiger partial charge in [-0.25, -0.2) is 4.98 Å². The van der Waals surface area contributed by atoms with Crippen molar-refractivity contribution >= 4 is 11.3 Å². The maximum Gasteiger partial charge on any atom is 0.122 e. The maximum atomic E-state index is 5.66. The monoisotopic (exact) mass is 252 g/mol. The minimum atomic E-state index is 0.278. The van der Waals surface area contributed by atoms with Gasteiger partial charge in [0.05, 0.1) is 0 Å². The molecular weight excluding hydrogens is 232 g/mol. The third-order valence-corrected chi connectivity index (χ3v) is 4.79. The van der Waals surface area contributed by atoms with Crippen LogP contribution >= 0.6 is 11.3 Å². The predicted molar refractivity (Wildman–Crippen MR) is 69.1 cm³/mol. The van der Waals surface area contributed by atoms with E-state index in [1.165, 1.54) is 42.0 Å². The fourth-order valence-electron chi connectivity index (χ4n) is 2.70. The number of aromatic nitrogens is 1. The van der Waals surface area contributed by atoms with E-state index in [2.05, 4.69) is 10.3 Å². The van der Waals surface area contributed by atoms with Crippen molar-refractivity contribution < 1.29 is 4.74 Å². The first-order valence-electron chi connectivity index (χ1n) is 6.71. The van der Waals surface area contributed by atoms with Gasteiger partial charge >= 0.3 is 0 Å². The summed E-state index contributed by atoms with van der Waals surface area (Å²) in [5.41, 5.74) is 0. The molecule has 0 amide bonds. The molecule has 0 bridgehead atoms. The lowest BCUT2D eigenvalue weighted by Crippen LogP contribution is -2.24. The van der Waals surface area contributed by atoms with E-state index in [-0.39, 0.29) is 6.10 Å². The van der Waals surface area contributed by atoms with E-state index >= 15 is 0 Å². The molecule has 2 fully saturated rings. The van der Waals surface area contributed by atoms with Crippen LogP contribution in [0.25, 0.3) is 0 Å². The Hall–Kier alpha value is -0.450. The van der Waals surface area contributed by atoms with Gasteiger partial charge in [0.15, 0.2) is 0 Å². The molecule has 17 heavy (non-hydrogen) atoms. The Morgan fingerprint density at radius 2 is 2.18 bits per heavy atom. The topological polar surface area (TPSA) is 34.1 Å². The van der Waals surface area contributed by atoms with Crippen LogP contribution in [0.3, 0.4) is 0 Å². The molecule has 2 aliphatic rings. The first-order valence-corrected chi connectivity index (χ1v) is 7.53. The number of ether oxygens (including phenoxy) is 1. The Morgan fingerprint density at radius 3 is 2.94 bits per heavy atom. The number of rotatable bonds is 4. The number of hydrogen-bond acceptors (Lipinski definition) is 4. The van der Waals surface area contributed by atoms with Crippen LogP contribution in [0.2, 0.25) is 0 Å². The van der Waals surface area contributed by atoms with Gasteiger partial charge in [-0.2, -0.15) is 0 Å². The van der Waals surface area contributed by atoms with E-state index in [0.29, 0.717) is 0 Å². The van der Waals surface area contributed by atoms with Crippen molar-refractivity contribution in [2.45, 2.75) is 57.2 Å². The Bertz CT molecular complexity index is 354. The van der Waals surface area contributed by atoms with Gasteiger partial charge in [-0.05, 0) is 25.7 Å². The highest BCUT2D eigenvalue weighted by molar-refractivity contribution is 7.11. The fraction of sp³-hybridized carbons (Fsp3) is 0.769. The second-order valence-electron chi connectivity index (χ2n) is 5.03. The Morgan fingerprint density at radius 1 is 1.29 bits per heavy atom. The van der Waals surface area contributed by atoms with Crippen LogP contribution in [0.1, 0.15) is 54.5 Å². The first kappa shape index (κ1) is 11.6. The SMILES string of the molecule is c1nc(C2CCCO2)sc1CNC1CCCC1. The lowest BCUT2D eigenvalue weighted by molar-refractivity contribution is 0.111. The van der Waals surface area contributed by atoms with Gasteiger partial charge in [0.2, 0.25) is 0 Å². The molecule has 1 aliphatic heterocycles. The summed E-state index contributed by atoms with van der Waals surface area (Å²) in [6.45, 7) is 1.88. The van der Waals surface area contributed by atoms with Crippen LogP contribution in [0, 0.1) is 0 Å². The van der Waals surface area contributed by atoms with Crippen LogP contribution in [0.15, 0.2) is 6.20 Å². The zero-order chi connectivity index (χ0) is 11.5. The average molecular weight is 252 g/mol. The van der Waals surface area contributed by atoms with Crippen molar-refractivity contribution in [3.63, 3.8) is 0 Å². The van der Waals surface area contributed by atoms with Gasteiger partial charge in [0.25, 0.3) is 0 Å². The molecule has 1 N–H and O–H groups in total. The maximum absolute atomic E-state index is 5.66. The normalized spacial score (nSPS) is 25.8. The molecule has 3 rings (SSSR count). The van der Waals surface area contributed by atoms with Gasteiger partial charge in [0.1, 0.15) is 11.1 Å². The number of nitrogens with one attached hydrogen (secondary N) is 1. The molecular formula is C13H20N2OS. The van der Waals surface area contributed by atoms with Gasteiger partial charge < -0.3 is 10.1 Å². The van der Waals surface area contributed by atoms with E-state index in [9.17, 15) is 0 Å². The zero-order valence-electron chi connectivity index (χ0n) is 10.2. The third-order valence-electron chi connectivity index (χ3n) is 3.70. The minimum Gasteiger partial charge on any atom is -0.371 e. The summed E-state index contributed by atoms with van der Waals surface area (Å²) in [4.78, 5) is 5.85. The second-order valence-corrected chi connectivity index (χ2v) is 6.18. The van der Waals surface area contributed by atoms with Crippen molar-refractivity contribution in [1.82, 2.24) is 10.3 Å². The highest BCUT2D eigenvalue weighted by atomic mass is 32.1. The molecule has 1 unspecified atom stereocenters. The van der Waals surface area contributed by atoms with Crippen molar-refractivity contribution in [2.24, 2.45) is 0 Å². The molecule has 0 radical (unpaired) electrons. The molecule has 4 heteroatoms. The Labute approximate surface area is 107 Å². The molecule has 1 aromatic heterocycles. The first-order chi connectivity index (χ1) is 8.42. The number of thiazole rings is 1. The van der Waals surface area contributed by atoms with Crippen molar-refractivity contribution in [2.75, 3.05) is 6.61 Å². The summed E-state index contributed by atoms with van der Waals surface area (Å²) in [6.07, 6.45) is 10.1. The predicted octanol–water partition coefficient (Wildman–Crippen LogP) is 3.03. The van der Waals surface area contributed by atoms with Crippen LogP contribution < -0.4 is 5.32 Å². The van der Waals surface area contributed by atoms with Crippen LogP contribution in [-0.4, -0.2) is 17.6 Å². The van der Waals surface area contributed by atoms with Crippen molar-refractivity contribution in [3.05, 3.63) is 16.1 Å². The molecule has 1 saturated heterocycles. The summed E-state index contributed by atoms with van der Waals surface area (Å²) in [5, 5.41) is 4.80. The third kappa shape index (κ3) is 2.87. The molecule has 3 nitrogen and oxygen atoms in total. The summed E-state index contributed by atoms with van der Waals surface area (Å²) in [5.74, 6) is 0. The van der Waals surface area contributed by atoms with E-state index < -0.39 is 0 Å². The molecule has 1 atom stereocenters. The molecule has 2 heterocycles. The molecule has 1 aromatic rings. The molecule has 1 saturated carbocycles. The lowest BCUT2D eigenvalue weighted by Gasteiger charge is -2.09. The smallest absolute Gasteiger partial charge is 0.122 e. The second kappa shape index (κ2) is 5.46. The van der Waals surface area contributed by atoms with Crippen LogP contribution in [-0.2, 0) is 11.3 Å². The lowest BCUT2D eigenvalue weighted by atomic mass is 10.2. The fourth-order valence-corrected chi connectivity index (χ4v) is 3.65. The van der Waals surface area contributed by atoms with Crippen molar-refractivity contribution in [3.8, 4) is 0 Å². The van der Waals surface area contributed by atoms with Gasteiger partial charge in [-0.15, -0.1) is 11.3 Å². The Kier molecular flexibility index (Phi) is 3.74.